The first-order chi connectivity index (χ1) is 10.3. The molecule has 1 aliphatic carbocycles. The molecule has 1 aliphatic rings. The highest BCUT2D eigenvalue weighted by Gasteiger charge is 2.36. The number of pyridine rings is 1. The maximum atomic E-state index is 5.94. The van der Waals surface area contributed by atoms with E-state index < -0.39 is 0 Å². The van der Waals surface area contributed by atoms with Crippen molar-refractivity contribution in [3.63, 3.8) is 0 Å². The number of rotatable bonds is 4. The van der Waals surface area contributed by atoms with E-state index in [0.29, 0.717) is 0 Å². The first-order valence-electron chi connectivity index (χ1n) is 7.11. The van der Waals surface area contributed by atoms with Crippen molar-refractivity contribution in [1.29, 1.82) is 0 Å². The molecule has 0 bridgehead atoms. The number of hydrogen-bond donors (Lipinski definition) is 1. The third-order valence-electron chi connectivity index (χ3n) is 4.33. The van der Waals surface area contributed by atoms with Crippen molar-refractivity contribution in [2.75, 3.05) is 6.54 Å². The zero-order valence-corrected chi connectivity index (χ0v) is 12.4. The molecule has 3 heterocycles. The van der Waals surface area contributed by atoms with E-state index >= 15 is 0 Å². The molecule has 0 atom stereocenters. The number of hydrogen-bond acceptors (Lipinski definition) is 6. The predicted octanol–water partition coefficient (Wildman–Crippen LogP) is 1.92. The Hall–Kier alpha value is -1.86. The fraction of sp³-hybridized carbons (Fsp3) is 0.429. The molecule has 0 unspecified atom stereocenters. The standard InChI is InChI=1S/C14H16N6S/c15-9-14(4-2-5-14)7-11-19-20-12(17-18-13(20)21-11)10-3-1-6-16-8-10/h1,3,6,8H,2,4-5,7,9,15H2. The summed E-state index contributed by atoms with van der Waals surface area (Å²) in [7, 11) is 0. The highest BCUT2D eigenvalue weighted by molar-refractivity contribution is 7.16. The summed E-state index contributed by atoms with van der Waals surface area (Å²) >= 11 is 1.61. The van der Waals surface area contributed by atoms with Crippen molar-refractivity contribution in [3.8, 4) is 11.4 Å². The maximum absolute atomic E-state index is 5.94. The quantitative estimate of drug-likeness (QED) is 0.796. The molecule has 0 spiro atoms. The van der Waals surface area contributed by atoms with Gasteiger partial charge in [0.05, 0.1) is 0 Å². The van der Waals surface area contributed by atoms with E-state index in [0.717, 1.165) is 34.3 Å². The summed E-state index contributed by atoms with van der Waals surface area (Å²) in [5.74, 6) is 0.746. The van der Waals surface area contributed by atoms with E-state index in [1.54, 1.807) is 23.7 Å². The first-order valence-corrected chi connectivity index (χ1v) is 7.93. The van der Waals surface area contributed by atoms with Gasteiger partial charge in [-0.05, 0) is 36.9 Å². The van der Waals surface area contributed by atoms with Gasteiger partial charge in [-0.25, -0.2) is 0 Å². The molecule has 0 radical (unpaired) electrons. The van der Waals surface area contributed by atoms with Crippen LogP contribution in [0.1, 0.15) is 24.3 Å². The molecule has 0 amide bonds. The van der Waals surface area contributed by atoms with Crippen LogP contribution < -0.4 is 5.73 Å². The van der Waals surface area contributed by atoms with Gasteiger partial charge in [-0.3, -0.25) is 4.98 Å². The Morgan fingerprint density at radius 1 is 1.33 bits per heavy atom. The third-order valence-corrected chi connectivity index (χ3v) is 5.22. The van der Waals surface area contributed by atoms with Crippen LogP contribution in [0.2, 0.25) is 0 Å². The summed E-state index contributed by atoms with van der Waals surface area (Å²) < 4.78 is 1.82. The van der Waals surface area contributed by atoms with E-state index in [1.165, 1.54) is 19.3 Å². The molecular formula is C14H16N6S. The molecule has 21 heavy (non-hydrogen) atoms. The molecule has 0 saturated heterocycles. The van der Waals surface area contributed by atoms with Gasteiger partial charge in [-0.1, -0.05) is 17.8 Å². The second kappa shape index (κ2) is 4.85. The van der Waals surface area contributed by atoms with Crippen LogP contribution in [0.5, 0.6) is 0 Å². The van der Waals surface area contributed by atoms with Gasteiger partial charge >= 0.3 is 0 Å². The Labute approximate surface area is 126 Å². The fourth-order valence-electron chi connectivity index (χ4n) is 2.85. The van der Waals surface area contributed by atoms with Crippen molar-refractivity contribution >= 4 is 16.3 Å². The minimum Gasteiger partial charge on any atom is -0.330 e. The van der Waals surface area contributed by atoms with Crippen LogP contribution in [0.15, 0.2) is 24.5 Å². The van der Waals surface area contributed by atoms with Crippen molar-refractivity contribution < 1.29 is 0 Å². The predicted molar refractivity (Wildman–Crippen MR) is 80.9 cm³/mol. The summed E-state index contributed by atoms with van der Waals surface area (Å²) in [5.41, 5.74) is 7.13. The molecule has 0 aromatic carbocycles. The average molecular weight is 300 g/mol. The molecular weight excluding hydrogens is 284 g/mol. The topological polar surface area (TPSA) is 82.0 Å². The monoisotopic (exact) mass is 300 g/mol. The Morgan fingerprint density at radius 3 is 2.90 bits per heavy atom. The molecule has 6 nitrogen and oxygen atoms in total. The van der Waals surface area contributed by atoms with Gasteiger partial charge in [0.1, 0.15) is 5.01 Å². The van der Waals surface area contributed by atoms with Crippen molar-refractivity contribution in [3.05, 3.63) is 29.5 Å². The fourth-order valence-corrected chi connectivity index (χ4v) is 3.86. The molecule has 1 fully saturated rings. The lowest BCUT2D eigenvalue weighted by Gasteiger charge is -2.40. The summed E-state index contributed by atoms with van der Waals surface area (Å²) in [4.78, 5) is 4.96. The lowest BCUT2D eigenvalue weighted by molar-refractivity contribution is 0.144. The zero-order chi connectivity index (χ0) is 14.3. The molecule has 0 aliphatic heterocycles. The van der Waals surface area contributed by atoms with E-state index in [4.69, 9.17) is 10.8 Å². The Bertz CT molecular complexity index is 753. The summed E-state index contributed by atoms with van der Waals surface area (Å²) in [6, 6.07) is 3.86. The van der Waals surface area contributed by atoms with Crippen molar-refractivity contribution in [2.45, 2.75) is 25.7 Å². The number of nitrogens with zero attached hydrogens (tertiary/aromatic N) is 5. The molecule has 2 N–H and O–H groups in total. The van der Waals surface area contributed by atoms with Gasteiger partial charge in [0.15, 0.2) is 5.82 Å². The lowest BCUT2D eigenvalue weighted by atomic mass is 9.67. The van der Waals surface area contributed by atoms with Crippen molar-refractivity contribution in [2.24, 2.45) is 11.1 Å². The normalized spacial score (nSPS) is 17.0. The molecule has 7 heteroatoms. The Balaban J connectivity index is 1.70. The van der Waals surface area contributed by atoms with Crippen LogP contribution in [-0.4, -0.2) is 31.3 Å². The zero-order valence-electron chi connectivity index (χ0n) is 11.6. The van der Waals surface area contributed by atoms with Crippen LogP contribution >= 0.6 is 11.3 Å². The Kier molecular flexibility index (Phi) is 2.97. The van der Waals surface area contributed by atoms with Gasteiger partial charge in [0, 0.05) is 24.4 Å². The summed E-state index contributed by atoms with van der Waals surface area (Å²) in [5, 5.41) is 14.2. The largest absolute Gasteiger partial charge is 0.330 e. The second-order valence-electron chi connectivity index (χ2n) is 5.69. The SMILES string of the molecule is NCC1(Cc2nn3c(-c4cccnc4)nnc3s2)CCC1. The molecule has 3 aromatic rings. The second-order valence-corrected chi connectivity index (χ2v) is 6.73. The minimum absolute atomic E-state index is 0.262. The number of aromatic nitrogens is 5. The van der Waals surface area contributed by atoms with Gasteiger partial charge < -0.3 is 5.73 Å². The van der Waals surface area contributed by atoms with Crippen molar-refractivity contribution in [1.82, 2.24) is 24.8 Å². The van der Waals surface area contributed by atoms with Gasteiger partial charge in [-0.15, -0.1) is 10.2 Å². The summed E-state index contributed by atoms with van der Waals surface area (Å²) in [6.07, 6.45) is 8.17. The Morgan fingerprint density at radius 2 is 2.24 bits per heavy atom. The first kappa shape index (κ1) is 12.8. The molecule has 1 saturated carbocycles. The number of nitrogens with two attached hydrogens (primary N) is 1. The smallest absolute Gasteiger partial charge is 0.234 e. The minimum atomic E-state index is 0.262. The van der Waals surface area contributed by atoms with Crippen LogP contribution in [0, 0.1) is 5.41 Å². The lowest BCUT2D eigenvalue weighted by Crippen LogP contribution is -2.39. The highest BCUT2D eigenvalue weighted by atomic mass is 32.1. The number of fused-ring (bicyclic) bond motifs is 1. The molecule has 108 valence electrons. The molecule has 3 aromatic heterocycles. The van der Waals surface area contributed by atoms with Crippen LogP contribution in [0.25, 0.3) is 16.3 Å². The highest BCUT2D eigenvalue weighted by Crippen LogP contribution is 2.43. The van der Waals surface area contributed by atoms with E-state index in [9.17, 15) is 0 Å². The van der Waals surface area contributed by atoms with Gasteiger partial charge in [0.25, 0.3) is 0 Å². The third kappa shape index (κ3) is 2.13. The van der Waals surface area contributed by atoms with E-state index in [-0.39, 0.29) is 5.41 Å². The maximum Gasteiger partial charge on any atom is 0.234 e. The van der Waals surface area contributed by atoms with E-state index in [1.807, 2.05) is 16.6 Å². The van der Waals surface area contributed by atoms with Crippen LogP contribution in [-0.2, 0) is 6.42 Å². The van der Waals surface area contributed by atoms with Crippen LogP contribution in [0.3, 0.4) is 0 Å². The molecule has 4 rings (SSSR count). The van der Waals surface area contributed by atoms with Gasteiger partial charge in [0.2, 0.25) is 4.96 Å². The summed E-state index contributed by atoms with van der Waals surface area (Å²) in [6.45, 7) is 0.739. The van der Waals surface area contributed by atoms with E-state index in [2.05, 4.69) is 15.2 Å². The van der Waals surface area contributed by atoms with Crippen LogP contribution in [0.4, 0.5) is 0 Å². The van der Waals surface area contributed by atoms with Gasteiger partial charge in [-0.2, -0.15) is 9.61 Å². The average Bonchev–Trinajstić information content (AvgIpc) is 3.03.